The topological polar surface area (TPSA) is 180 Å². The summed E-state index contributed by atoms with van der Waals surface area (Å²) in [7, 11) is 0. The van der Waals surface area contributed by atoms with Crippen molar-refractivity contribution < 1.29 is 29.1 Å². The zero-order chi connectivity index (χ0) is 22.8. The van der Waals surface area contributed by atoms with Gasteiger partial charge in [-0.2, -0.15) is 0 Å². The number of nitrogens with two attached hydrogens (primary N) is 1. The third-order valence-electron chi connectivity index (χ3n) is 5.21. The SMILES string of the molecule is CCC(C)C(NC(=O)C1CCCN1)C(=O)NC(CCC(N)=O)C(=O)NC(C)C(=O)O. The molecule has 4 amide bonds. The molecule has 0 radical (unpaired) electrons. The molecule has 5 unspecified atom stereocenters. The molecular weight excluding hydrogens is 394 g/mol. The van der Waals surface area contributed by atoms with Gasteiger partial charge >= 0.3 is 5.97 Å². The van der Waals surface area contributed by atoms with Crippen LogP contribution in [0.15, 0.2) is 0 Å². The highest BCUT2D eigenvalue weighted by molar-refractivity contribution is 5.94. The van der Waals surface area contributed by atoms with Crippen LogP contribution in [0.3, 0.4) is 0 Å². The van der Waals surface area contributed by atoms with E-state index in [1.165, 1.54) is 6.92 Å². The van der Waals surface area contributed by atoms with E-state index in [0.29, 0.717) is 12.8 Å². The number of hydrogen-bond donors (Lipinski definition) is 6. The van der Waals surface area contributed by atoms with Crippen LogP contribution in [0.1, 0.15) is 52.9 Å². The Hall–Kier alpha value is -2.69. The van der Waals surface area contributed by atoms with Gasteiger partial charge in [-0.05, 0) is 38.6 Å². The third-order valence-corrected chi connectivity index (χ3v) is 5.21. The molecule has 0 bridgehead atoms. The molecule has 170 valence electrons. The van der Waals surface area contributed by atoms with Gasteiger partial charge in [0.15, 0.2) is 0 Å². The van der Waals surface area contributed by atoms with Gasteiger partial charge in [0.1, 0.15) is 18.1 Å². The highest BCUT2D eigenvalue weighted by Crippen LogP contribution is 2.12. The molecular formula is C19H33N5O6. The molecule has 0 saturated carbocycles. The van der Waals surface area contributed by atoms with E-state index in [-0.39, 0.29) is 30.7 Å². The second kappa shape index (κ2) is 12.1. The molecule has 7 N–H and O–H groups in total. The average Bonchev–Trinajstić information content (AvgIpc) is 3.22. The van der Waals surface area contributed by atoms with Crippen molar-refractivity contribution in [2.24, 2.45) is 11.7 Å². The third kappa shape index (κ3) is 7.97. The van der Waals surface area contributed by atoms with Crippen LogP contribution in [-0.4, -0.2) is 65.4 Å². The van der Waals surface area contributed by atoms with Crippen molar-refractivity contribution in [1.82, 2.24) is 21.3 Å². The first-order valence-electron chi connectivity index (χ1n) is 10.2. The molecule has 11 nitrogen and oxygen atoms in total. The summed E-state index contributed by atoms with van der Waals surface area (Å²) in [6.07, 6.45) is 1.88. The van der Waals surface area contributed by atoms with Crippen molar-refractivity contribution in [3.05, 3.63) is 0 Å². The summed E-state index contributed by atoms with van der Waals surface area (Å²) in [5.74, 6) is -3.72. The van der Waals surface area contributed by atoms with E-state index in [4.69, 9.17) is 10.8 Å². The Morgan fingerprint density at radius 3 is 2.27 bits per heavy atom. The van der Waals surface area contributed by atoms with Crippen molar-refractivity contribution >= 4 is 29.6 Å². The van der Waals surface area contributed by atoms with Gasteiger partial charge in [-0.1, -0.05) is 20.3 Å². The quantitative estimate of drug-likeness (QED) is 0.222. The summed E-state index contributed by atoms with van der Waals surface area (Å²) in [6.45, 7) is 5.69. The van der Waals surface area contributed by atoms with E-state index in [9.17, 15) is 24.0 Å². The van der Waals surface area contributed by atoms with Crippen LogP contribution >= 0.6 is 0 Å². The lowest BCUT2D eigenvalue weighted by atomic mass is 9.97. The number of amides is 4. The van der Waals surface area contributed by atoms with Crippen molar-refractivity contribution in [2.45, 2.75) is 77.0 Å². The zero-order valence-electron chi connectivity index (χ0n) is 17.7. The van der Waals surface area contributed by atoms with Gasteiger partial charge in [-0.15, -0.1) is 0 Å². The van der Waals surface area contributed by atoms with Gasteiger partial charge in [0.2, 0.25) is 23.6 Å². The van der Waals surface area contributed by atoms with Gasteiger partial charge in [0, 0.05) is 6.42 Å². The van der Waals surface area contributed by atoms with Crippen LogP contribution in [0.5, 0.6) is 0 Å². The molecule has 0 spiro atoms. The van der Waals surface area contributed by atoms with Gasteiger partial charge in [-0.3, -0.25) is 24.0 Å². The summed E-state index contributed by atoms with van der Waals surface area (Å²) < 4.78 is 0. The molecule has 11 heteroatoms. The summed E-state index contributed by atoms with van der Waals surface area (Å²) >= 11 is 0. The van der Waals surface area contributed by atoms with E-state index in [2.05, 4.69) is 21.3 Å². The lowest BCUT2D eigenvalue weighted by Crippen LogP contribution is -2.58. The first-order chi connectivity index (χ1) is 14.1. The van der Waals surface area contributed by atoms with E-state index >= 15 is 0 Å². The van der Waals surface area contributed by atoms with Crippen molar-refractivity contribution in [2.75, 3.05) is 6.54 Å². The molecule has 1 rings (SSSR count). The number of hydrogen-bond acceptors (Lipinski definition) is 6. The van der Waals surface area contributed by atoms with E-state index in [1.807, 2.05) is 6.92 Å². The lowest BCUT2D eigenvalue weighted by molar-refractivity contribution is -0.142. The number of carboxylic acids is 1. The molecule has 0 aromatic carbocycles. The Labute approximate surface area is 175 Å². The predicted molar refractivity (Wildman–Crippen MR) is 108 cm³/mol. The van der Waals surface area contributed by atoms with Crippen LogP contribution in [-0.2, 0) is 24.0 Å². The van der Waals surface area contributed by atoms with Gasteiger partial charge in [0.05, 0.1) is 6.04 Å². The zero-order valence-corrected chi connectivity index (χ0v) is 17.7. The highest BCUT2D eigenvalue weighted by Gasteiger charge is 2.33. The highest BCUT2D eigenvalue weighted by atomic mass is 16.4. The predicted octanol–water partition coefficient (Wildman–Crippen LogP) is -1.39. The number of nitrogens with one attached hydrogen (secondary N) is 4. The molecule has 0 aliphatic carbocycles. The summed E-state index contributed by atoms with van der Waals surface area (Å²) in [5, 5.41) is 19.6. The van der Waals surface area contributed by atoms with E-state index in [1.54, 1.807) is 6.92 Å². The number of aliphatic carboxylic acids is 1. The molecule has 1 fully saturated rings. The fraction of sp³-hybridized carbons (Fsp3) is 0.737. The Morgan fingerprint density at radius 2 is 1.77 bits per heavy atom. The van der Waals surface area contributed by atoms with Crippen LogP contribution in [0.4, 0.5) is 0 Å². The first-order valence-corrected chi connectivity index (χ1v) is 10.2. The second-order valence-corrected chi connectivity index (χ2v) is 7.66. The minimum atomic E-state index is -1.24. The summed E-state index contributed by atoms with van der Waals surface area (Å²) in [6, 6.07) is -3.59. The van der Waals surface area contributed by atoms with Crippen LogP contribution in [0.2, 0.25) is 0 Å². The minimum absolute atomic E-state index is 0.0927. The van der Waals surface area contributed by atoms with Crippen molar-refractivity contribution in [3.8, 4) is 0 Å². The molecule has 0 aromatic heterocycles. The molecule has 1 aliphatic rings. The van der Waals surface area contributed by atoms with E-state index in [0.717, 1.165) is 13.0 Å². The largest absolute Gasteiger partial charge is 0.480 e. The molecule has 0 aromatic rings. The van der Waals surface area contributed by atoms with Gasteiger partial charge in [-0.25, -0.2) is 0 Å². The molecule has 30 heavy (non-hydrogen) atoms. The maximum absolute atomic E-state index is 12.9. The summed E-state index contributed by atoms with van der Waals surface area (Å²) in [4.78, 5) is 60.0. The van der Waals surface area contributed by atoms with Crippen LogP contribution < -0.4 is 27.0 Å². The fourth-order valence-corrected chi connectivity index (χ4v) is 3.06. The molecule has 5 atom stereocenters. The number of carbonyl (C=O) groups excluding carboxylic acids is 4. The molecule has 1 saturated heterocycles. The number of carbonyl (C=O) groups is 5. The Kier molecular flexibility index (Phi) is 10.2. The molecule has 1 heterocycles. The Bertz CT molecular complexity index is 649. The number of primary amides is 1. The smallest absolute Gasteiger partial charge is 0.325 e. The lowest BCUT2D eigenvalue weighted by Gasteiger charge is -2.27. The monoisotopic (exact) mass is 427 g/mol. The fourth-order valence-electron chi connectivity index (χ4n) is 3.06. The number of carboxylic acid groups (broad SMARTS) is 1. The maximum atomic E-state index is 12.9. The normalized spacial score (nSPS) is 19.8. The van der Waals surface area contributed by atoms with Crippen LogP contribution in [0, 0.1) is 5.92 Å². The van der Waals surface area contributed by atoms with Gasteiger partial charge < -0.3 is 32.1 Å². The minimum Gasteiger partial charge on any atom is -0.480 e. The number of rotatable bonds is 12. The average molecular weight is 428 g/mol. The van der Waals surface area contributed by atoms with Crippen molar-refractivity contribution in [1.29, 1.82) is 0 Å². The Balaban J connectivity index is 2.90. The second-order valence-electron chi connectivity index (χ2n) is 7.66. The first kappa shape index (κ1) is 25.3. The standard InChI is InChI=1S/C19H33N5O6/c1-4-10(2)15(24-16(26)12-6-5-9-21-12)18(28)23-13(7-8-14(20)25)17(27)22-11(3)19(29)30/h10-13,15,21H,4-9H2,1-3H3,(H2,20,25)(H,22,27)(H,23,28)(H,24,26)(H,29,30). The van der Waals surface area contributed by atoms with E-state index < -0.39 is 41.8 Å². The van der Waals surface area contributed by atoms with Crippen LogP contribution in [0.25, 0.3) is 0 Å². The maximum Gasteiger partial charge on any atom is 0.325 e. The van der Waals surface area contributed by atoms with Crippen molar-refractivity contribution in [3.63, 3.8) is 0 Å². The Morgan fingerprint density at radius 1 is 1.10 bits per heavy atom. The van der Waals surface area contributed by atoms with Gasteiger partial charge in [0.25, 0.3) is 0 Å². The molecule has 1 aliphatic heterocycles. The summed E-state index contributed by atoms with van der Waals surface area (Å²) in [5.41, 5.74) is 5.15.